The molecule has 0 bridgehead atoms. The Hall–Kier alpha value is -2.53. The highest BCUT2D eigenvalue weighted by molar-refractivity contribution is 6.30. The van der Waals surface area contributed by atoms with E-state index >= 15 is 0 Å². The van der Waals surface area contributed by atoms with Gasteiger partial charge < -0.3 is 14.4 Å². The van der Waals surface area contributed by atoms with Crippen molar-refractivity contribution in [2.45, 2.75) is 51.6 Å². The molecule has 0 atom stereocenters. The Morgan fingerprint density at radius 1 is 1.13 bits per heavy atom. The van der Waals surface area contributed by atoms with Gasteiger partial charge in [-0.05, 0) is 61.7 Å². The normalized spacial score (nSPS) is 17.3. The van der Waals surface area contributed by atoms with Crippen molar-refractivity contribution in [1.29, 1.82) is 0 Å². The Bertz CT molecular complexity index is 978. The molecular formula is C25H28ClNO4. The summed E-state index contributed by atoms with van der Waals surface area (Å²) in [5, 5.41) is 0.669. The third-order valence-electron chi connectivity index (χ3n) is 6.42. The molecule has 1 saturated heterocycles. The molecule has 0 aromatic heterocycles. The lowest BCUT2D eigenvalue weighted by molar-refractivity contribution is -0.135. The van der Waals surface area contributed by atoms with Crippen LogP contribution in [0, 0.1) is 13.8 Å². The minimum Gasteiger partial charge on any atom is -0.494 e. The zero-order chi connectivity index (χ0) is 22.0. The number of benzene rings is 2. The first kappa shape index (κ1) is 21.7. The van der Waals surface area contributed by atoms with Crippen LogP contribution in [0.2, 0.25) is 5.02 Å². The molecule has 4 rings (SSSR count). The van der Waals surface area contributed by atoms with E-state index in [1.54, 1.807) is 12.1 Å². The van der Waals surface area contributed by atoms with Gasteiger partial charge in [0, 0.05) is 37.4 Å². The number of hydrogen-bond acceptors (Lipinski definition) is 4. The van der Waals surface area contributed by atoms with E-state index in [1.165, 1.54) is 0 Å². The molecule has 2 aromatic carbocycles. The lowest BCUT2D eigenvalue weighted by atomic mass is 9.81. The summed E-state index contributed by atoms with van der Waals surface area (Å²) < 4.78 is 12.1. The molecule has 6 heteroatoms. The van der Waals surface area contributed by atoms with Crippen molar-refractivity contribution >= 4 is 23.3 Å². The van der Waals surface area contributed by atoms with Gasteiger partial charge in [0.25, 0.3) is 0 Å². The minimum absolute atomic E-state index is 0.129. The number of aryl methyl sites for hydroxylation is 1. The number of Topliss-reactive ketones (excluding diaryl/α,β-unsaturated/α-hetero) is 1. The van der Waals surface area contributed by atoms with E-state index < -0.39 is 5.60 Å². The molecule has 2 aliphatic rings. The molecule has 0 radical (unpaired) electrons. The molecule has 1 spiro atoms. The van der Waals surface area contributed by atoms with Crippen molar-refractivity contribution in [3.63, 3.8) is 0 Å². The summed E-state index contributed by atoms with van der Waals surface area (Å²) in [5.41, 5.74) is 2.35. The topological polar surface area (TPSA) is 55.8 Å². The van der Waals surface area contributed by atoms with Gasteiger partial charge in [-0.1, -0.05) is 17.7 Å². The van der Waals surface area contributed by atoms with Crippen LogP contribution in [0.4, 0.5) is 0 Å². The van der Waals surface area contributed by atoms with Gasteiger partial charge in [-0.3, -0.25) is 9.59 Å². The van der Waals surface area contributed by atoms with Crippen LogP contribution in [0.15, 0.2) is 36.4 Å². The number of fused-ring (bicyclic) bond motifs is 1. The molecule has 1 fully saturated rings. The van der Waals surface area contributed by atoms with Crippen LogP contribution in [0.5, 0.6) is 11.5 Å². The van der Waals surface area contributed by atoms with E-state index in [2.05, 4.69) is 0 Å². The molecule has 0 aliphatic carbocycles. The smallest absolute Gasteiger partial charge is 0.222 e. The van der Waals surface area contributed by atoms with Crippen molar-refractivity contribution in [2.24, 2.45) is 0 Å². The molecule has 2 aliphatic heterocycles. The minimum atomic E-state index is -0.489. The molecule has 1 amide bonds. The van der Waals surface area contributed by atoms with E-state index in [4.69, 9.17) is 21.1 Å². The number of nitrogens with zero attached hydrogens (tertiary/aromatic N) is 1. The van der Waals surface area contributed by atoms with Gasteiger partial charge in [0.2, 0.25) is 5.91 Å². The Morgan fingerprint density at radius 2 is 1.84 bits per heavy atom. The lowest BCUT2D eigenvalue weighted by Gasteiger charge is -2.44. The van der Waals surface area contributed by atoms with Crippen LogP contribution in [0.1, 0.15) is 53.6 Å². The van der Waals surface area contributed by atoms with Crippen molar-refractivity contribution in [3.8, 4) is 11.5 Å². The number of amides is 1. The van der Waals surface area contributed by atoms with Crippen molar-refractivity contribution < 1.29 is 19.1 Å². The van der Waals surface area contributed by atoms with E-state index in [0.29, 0.717) is 62.4 Å². The van der Waals surface area contributed by atoms with Crippen LogP contribution in [-0.2, 0) is 4.79 Å². The average molecular weight is 442 g/mol. The fraction of sp³-hybridized carbons (Fsp3) is 0.440. The highest BCUT2D eigenvalue weighted by atomic mass is 35.5. The molecule has 0 saturated carbocycles. The molecule has 0 unspecified atom stereocenters. The van der Waals surface area contributed by atoms with Crippen molar-refractivity contribution in [2.75, 3.05) is 19.7 Å². The van der Waals surface area contributed by atoms with Crippen LogP contribution >= 0.6 is 11.6 Å². The second-order valence-electron chi connectivity index (χ2n) is 8.56. The van der Waals surface area contributed by atoms with Crippen LogP contribution in [0.3, 0.4) is 0 Å². The summed E-state index contributed by atoms with van der Waals surface area (Å²) in [6.07, 6.45) is 2.85. The first-order chi connectivity index (χ1) is 14.9. The summed E-state index contributed by atoms with van der Waals surface area (Å²) in [5.74, 6) is 1.75. The summed E-state index contributed by atoms with van der Waals surface area (Å²) >= 11 is 5.87. The van der Waals surface area contributed by atoms with Gasteiger partial charge in [0.1, 0.15) is 17.1 Å². The molecule has 2 aromatic rings. The van der Waals surface area contributed by atoms with E-state index in [0.717, 1.165) is 22.6 Å². The highest BCUT2D eigenvalue weighted by Gasteiger charge is 2.44. The van der Waals surface area contributed by atoms with E-state index in [-0.39, 0.29) is 11.7 Å². The highest BCUT2D eigenvalue weighted by Crippen LogP contribution is 2.41. The monoisotopic (exact) mass is 441 g/mol. The molecule has 0 N–H and O–H groups in total. The van der Waals surface area contributed by atoms with Gasteiger partial charge >= 0.3 is 0 Å². The maximum atomic E-state index is 12.8. The number of carbonyl (C=O) groups is 2. The van der Waals surface area contributed by atoms with E-state index in [1.807, 2.05) is 43.0 Å². The lowest BCUT2D eigenvalue weighted by Crippen LogP contribution is -2.52. The zero-order valence-corrected chi connectivity index (χ0v) is 18.8. The van der Waals surface area contributed by atoms with Gasteiger partial charge in [-0.15, -0.1) is 0 Å². The van der Waals surface area contributed by atoms with Gasteiger partial charge in [-0.2, -0.15) is 0 Å². The number of likely N-dealkylation sites (tertiary alicyclic amines) is 1. The second-order valence-corrected chi connectivity index (χ2v) is 8.99. The van der Waals surface area contributed by atoms with Crippen LogP contribution in [-0.4, -0.2) is 41.9 Å². The molecule has 164 valence electrons. The Morgan fingerprint density at radius 3 is 2.55 bits per heavy atom. The van der Waals surface area contributed by atoms with Gasteiger partial charge in [0.05, 0.1) is 18.6 Å². The molecule has 2 heterocycles. The first-order valence-corrected chi connectivity index (χ1v) is 11.2. The predicted molar refractivity (Wildman–Crippen MR) is 120 cm³/mol. The number of rotatable bonds is 5. The standard InChI is InChI=1S/C25H28ClNO4/c1-17-5-10-21-22(28)16-25(31-24(21)18(17)2)11-13-27(14-12-25)23(29)4-3-15-30-20-8-6-19(26)7-9-20/h5-10H,3-4,11-16H2,1-2H3. The third kappa shape index (κ3) is 4.72. The molecule has 31 heavy (non-hydrogen) atoms. The molecule has 5 nitrogen and oxygen atoms in total. The first-order valence-electron chi connectivity index (χ1n) is 10.9. The fourth-order valence-corrected chi connectivity index (χ4v) is 4.45. The number of halogens is 1. The quantitative estimate of drug-likeness (QED) is 0.602. The predicted octanol–water partition coefficient (Wildman–Crippen LogP) is 5.14. The summed E-state index contributed by atoms with van der Waals surface area (Å²) in [7, 11) is 0. The van der Waals surface area contributed by atoms with Gasteiger partial charge in [-0.25, -0.2) is 0 Å². The van der Waals surface area contributed by atoms with Crippen LogP contribution < -0.4 is 9.47 Å². The van der Waals surface area contributed by atoms with Gasteiger partial charge in [0.15, 0.2) is 5.78 Å². The summed E-state index contributed by atoms with van der Waals surface area (Å²) in [6.45, 7) is 5.75. The third-order valence-corrected chi connectivity index (χ3v) is 6.68. The number of ether oxygens (including phenoxy) is 2. The Labute approximate surface area is 188 Å². The van der Waals surface area contributed by atoms with Crippen LogP contribution in [0.25, 0.3) is 0 Å². The van der Waals surface area contributed by atoms with E-state index in [9.17, 15) is 9.59 Å². The number of hydrogen-bond donors (Lipinski definition) is 0. The maximum Gasteiger partial charge on any atom is 0.222 e. The number of piperidine rings is 1. The second kappa shape index (κ2) is 8.91. The summed E-state index contributed by atoms with van der Waals surface area (Å²) in [4.78, 5) is 27.3. The largest absolute Gasteiger partial charge is 0.494 e. The Balaban J connectivity index is 1.28. The fourth-order valence-electron chi connectivity index (χ4n) is 4.33. The maximum absolute atomic E-state index is 12.8. The molecular weight excluding hydrogens is 414 g/mol. The SMILES string of the molecule is Cc1ccc2c(c1C)OC1(CCN(C(=O)CCCOc3ccc(Cl)cc3)CC1)CC2=O. The summed E-state index contributed by atoms with van der Waals surface area (Å²) in [6, 6.07) is 11.1. The van der Waals surface area contributed by atoms with Crippen molar-refractivity contribution in [1.82, 2.24) is 4.90 Å². The number of carbonyl (C=O) groups excluding carboxylic acids is 2. The number of ketones is 1. The average Bonchev–Trinajstić information content (AvgIpc) is 2.76. The van der Waals surface area contributed by atoms with Crippen molar-refractivity contribution in [3.05, 3.63) is 58.1 Å². The Kier molecular flexibility index (Phi) is 6.24. The zero-order valence-electron chi connectivity index (χ0n) is 18.1.